The number of hydrogen-bond acceptors (Lipinski definition) is 3. The van der Waals surface area contributed by atoms with Crippen LogP contribution in [-0.2, 0) is 11.3 Å². The minimum Gasteiger partial charge on any atom is -0.377 e. The zero-order valence-corrected chi connectivity index (χ0v) is 13.9. The molecule has 0 spiro atoms. The molecular formula is C16H23BrN2O. The summed E-state index contributed by atoms with van der Waals surface area (Å²) >= 11 is 3.75. The second kappa shape index (κ2) is 5.66. The van der Waals surface area contributed by atoms with Crippen molar-refractivity contribution in [2.24, 2.45) is 0 Å². The number of hydrogen-bond donors (Lipinski definition) is 1. The first-order valence-corrected chi connectivity index (χ1v) is 8.23. The Kier molecular flexibility index (Phi) is 4.07. The zero-order chi connectivity index (χ0) is 14.2. The lowest BCUT2D eigenvalue weighted by molar-refractivity contribution is 0.0643. The van der Waals surface area contributed by atoms with E-state index in [1.807, 2.05) is 0 Å². The second-order valence-electron chi connectivity index (χ2n) is 6.46. The Labute approximate surface area is 129 Å². The molecule has 3 rings (SSSR count). The number of nitrogens with one attached hydrogen (secondary N) is 1. The summed E-state index contributed by atoms with van der Waals surface area (Å²) in [4.78, 5) is 2.44. The average molecular weight is 339 g/mol. The highest BCUT2D eigenvalue weighted by molar-refractivity contribution is 9.10. The number of morpholine rings is 1. The predicted octanol–water partition coefficient (Wildman–Crippen LogP) is 3.32. The number of anilines is 1. The Hall–Kier alpha value is -0.580. The molecule has 0 unspecified atom stereocenters. The van der Waals surface area contributed by atoms with Gasteiger partial charge >= 0.3 is 0 Å². The molecule has 0 atom stereocenters. The first-order valence-electron chi connectivity index (χ1n) is 7.43. The van der Waals surface area contributed by atoms with Crippen molar-refractivity contribution in [3.05, 3.63) is 28.2 Å². The van der Waals surface area contributed by atoms with Crippen LogP contribution in [0.15, 0.2) is 22.7 Å². The van der Waals surface area contributed by atoms with Crippen molar-refractivity contribution < 1.29 is 4.74 Å². The molecule has 1 N–H and O–H groups in total. The summed E-state index contributed by atoms with van der Waals surface area (Å²) in [7, 11) is 0. The molecule has 1 aliphatic heterocycles. The molecule has 4 heteroatoms. The lowest BCUT2D eigenvalue weighted by atomic mass is 10.0. The SMILES string of the molecule is CC1(C)COCCN1c1ccc(CNC2CC2)cc1Br. The van der Waals surface area contributed by atoms with Gasteiger partial charge in [-0.25, -0.2) is 0 Å². The monoisotopic (exact) mass is 338 g/mol. The van der Waals surface area contributed by atoms with Gasteiger partial charge in [-0.2, -0.15) is 0 Å². The van der Waals surface area contributed by atoms with Crippen molar-refractivity contribution in [3.63, 3.8) is 0 Å². The third-order valence-electron chi connectivity index (χ3n) is 4.12. The molecule has 1 aliphatic carbocycles. The van der Waals surface area contributed by atoms with E-state index in [1.54, 1.807) is 0 Å². The van der Waals surface area contributed by atoms with Gasteiger partial charge in [-0.15, -0.1) is 0 Å². The normalized spacial score (nSPS) is 22.1. The quantitative estimate of drug-likeness (QED) is 0.911. The van der Waals surface area contributed by atoms with Gasteiger partial charge in [0.2, 0.25) is 0 Å². The van der Waals surface area contributed by atoms with Crippen molar-refractivity contribution >= 4 is 21.6 Å². The van der Waals surface area contributed by atoms with Crippen LogP contribution < -0.4 is 10.2 Å². The first-order chi connectivity index (χ1) is 9.56. The molecule has 110 valence electrons. The van der Waals surface area contributed by atoms with E-state index in [4.69, 9.17) is 4.74 Å². The van der Waals surface area contributed by atoms with E-state index in [2.05, 4.69) is 58.2 Å². The van der Waals surface area contributed by atoms with E-state index < -0.39 is 0 Å². The molecule has 0 bridgehead atoms. The number of halogens is 1. The Bertz CT molecular complexity index is 485. The maximum Gasteiger partial charge on any atom is 0.0694 e. The Morgan fingerprint density at radius 1 is 1.40 bits per heavy atom. The van der Waals surface area contributed by atoms with E-state index >= 15 is 0 Å². The molecule has 1 heterocycles. The van der Waals surface area contributed by atoms with Crippen molar-refractivity contribution in [1.29, 1.82) is 0 Å². The van der Waals surface area contributed by atoms with E-state index in [0.29, 0.717) is 0 Å². The second-order valence-corrected chi connectivity index (χ2v) is 7.31. The first kappa shape index (κ1) is 14.4. The third-order valence-corrected chi connectivity index (χ3v) is 4.76. The molecule has 0 amide bonds. The van der Waals surface area contributed by atoms with Crippen LogP contribution in [0.2, 0.25) is 0 Å². The summed E-state index contributed by atoms with van der Waals surface area (Å²) in [6, 6.07) is 7.48. The highest BCUT2D eigenvalue weighted by Crippen LogP contribution is 2.34. The molecule has 0 radical (unpaired) electrons. The van der Waals surface area contributed by atoms with Crippen molar-refractivity contribution in [1.82, 2.24) is 5.32 Å². The van der Waals surface area contributed by atoms with Crippen LogP contribution in [0, 0.1) is 0 Å². The van der Waals surface area contributed by atoms with Gasteiger partial charge in [-0.05, 0) is 60.3 Å². The van der Waals surface area contributed by atoms with Gasteiger partial charge in [0, 0.05) is 23.6 Å². The van der Waals surface area contributed by atoms with Gasteiger partial charge in [0.15, 0.2) is 0 Å². The number of rotatable bonds is 4. The van der Waals surface area contributed by atoms with Crippen LogP contribution in [-0.4, -0.2) is 31.3 Å². The molecule has 2 fully saturated rings. The highest BCUT2D eigenvalue weighted by atomic mass is 79.9. The zero-order valence-electron chi connectivity index (χ0n) is 12.3. The summed E-state index contributed by atoms with van der Waals surface area (Å²) in [6.07, 6.45) is 2.67. The molecule has 1 aromatic rings. The van der Waals surface area contributed by atoms with Gasteiger partial charge in [0.05, 0.1) is 24.4 Å². The smallest absolute Gasteiger partial charge is 0.0694 e. The lowest BCUT2D eigenvalue weighted by Crippen LogP contribution is -2.53. The number of benzene rings is 1. The van der Waals surface area contributed by atoms with Crippen LogP contribution in [0.5, 0.6) is 0 Å². The minimum absolute atomic E-state index is 0.0501. The molecule has 1 saturated carbocycles. The van der Waals surface area contributed by atoms with Crippen LogP contribution in [0.1, 0.15) is 32.3 Å². The van der Waals surface area contributed by atoms with Crippen LogP contribution in [0.3, 0.4) is 0 Å². The van der Waals surface area contributed by atoms with E-state index in [9.17, 15) is 0 Å². The van der Waals surface area contributed by atoms with Crippen LogP contribution in [0.25, 0.3) is 0 Å². The molecular weight excluding hydrogens is 316 g/mol. The van der Waals surface area contributed by atoms with Gasteiger partial charge < -0.3 is 15.0 Å². The molecule has 3 nitrogen and oxygen atoms in total. The average Bonchev–Trinajstić information content (AvgIpc) is 3.21. The largest absolute Gasteiger partial charge is 0.377 e. The van der Waals surface area contributed by atoms with Gasteiger partial charge in [-0.3, -0.25) is 0 Å². The fourth-order valence-corrected chi connectivity index (χ4v) is 3.37. The fourth-order valence-electron chi connectivity index (χ4n) is 2.73. The van der Waals surface area contributed by atoms with Crippen molar-refractivity contribution in [3.8, 4) is 0 Å². The van der Waals surface area contributed by atoms with E-state index in [1.165, 1.54) is 28.6 Å². The molecule has 20 heavy (non-hydrogen) atoms. The minimum atomic E-state index is 0.0501. The Morgan fingerprint density at radius 2 is 2.20 bits per heavy atom. The highest BCUT2D eigenvalue weighted by Gasteiger charge is 2.31. The molecule has 1 saturated heterocycles. The number of ether oxygens (including phenoxy) is 1. The number of nitrogens with zero attached hydrogens (tertiary/aromatic N) is 1. The summed E-state index contributed by atoms with van der Waals surface area (Å²) in [5, 5.41) is 3.56. The van der Waals surface area contributed by atoms with Crippen molar-refractivity contribution in [2.45, 2.75) is 44.8 Å². The standard InChI is InChI=1S/C16H23BrN2O/c1-16(2)11-20-8-7-19(16)15-6-3-12(9-14(15)17)10-18-13-4-5-13/h3,6,9,13,18H,4-5,7-8,10-11H2,1-2H3. The van der Waals surface area contributed by atoms with Gasteiger partial charge in [-0.1, -0.05) is 6.07 Å². The maximum absolute atomic E-state index is 5.60. The summed E-state index contributed by atoms with van der Waals surface area (Å²) < 4.78 is 6.79. The Balaban J connectivity index is 1.75. The lowest BCUT2D eigenvalue weighted by Gasteiger charge is -2.44. The van der Waals surface area contributed by atoms with Gasteiger partial charge in [0.1, 0.15) is 0 Å². The van der Waals surface area contributed by atoms with E-state index in [-0.39, 0.29) is 5.54 Å². The summed E-state index contributed by atoms with van der Waals surface area (Å²) in [5.41, 5.74) is 2.67. The summed E-state index contributed by atoms with van der Waals surface area (Å²) in [5.74, 6) is 0. The van der Waals surface area contributed by atoms with Gasteiger partial charge in [0.25, 0.3) is 0 Å². The summed E-state index contributed by atoms with van der Waals surface area (Å²) in [6.45, 7) is 7.98. The molecule has 1 aromatic carbocycles. The van der Waals surface area contributed by atoms with Crippen molar-refractivity contribution in [2.75, 3.05) is 24.7 Å². The fraction of sp³-hybridized carbons (Fsp3) is 0.625. The molecule has 2 aliphatic rings. The van der Waals surface area contributed by atoms with Crippen LogP contribution >= 0.6 is 15.9 Å². The van der Waals surface area contributed by atoms with Crippen LogP contribution in [0.4, 0.5) is 5.69 Å². The van der Waals surface area contributed by atoms with E-state index in [0.717, 1.165) is 32.3 Å². The third kappa shape index (κ3) is 3.18. The predicted molar refractivity (Wildman–Crippen MR) is 86.2 cm³/mol. The topological polar surface area (TPSA) is 24.5 Å². The maximum atomic E-state index is 5.60. The molecule has 0 aromatic heterocycles. The Morgan fingerprint density at radius 3 is 2.85 bits per heavy atom.